The summed E-state index contributed by atoms with van der Waals surface area (Å²) in [5, 5.41) is 0. The van der Waals surface area contributed by atoms with Crippen LogP contribution >= 0.6 is 0 Å². The van der Waals surface area contributed by atoms with E-state index in [1.165, 1.54) is 0 Å². The van der Waals surface area contributed by atoms with Crippen LogP contribution in [0.1, 0.15) is 18.9 Å². The molecule has 1 fully saturated rings. The number of methoxy groups -OCH3 is 2. The first kappa shape index (κ1) is 17.6. The third kappa shape index (κ3) is 4.84. The van der Waals surface area contributed by atoms with Gasteiger partial charge in [-0.3, -0.25) is 9.69 Å². The number of piperazine rings is 1. The number of carbonyl (C=O) groups excluding carboxylic acids is 1. The van der Waals surface area contributed by atoms with Gasteiger partial charge in [-0.05, 0) is 25.1 Å². The normalized spacial score (nSPS) is 17.0. The molecule has 1 amide bonds. The fourth-order valence-electron chi connectivity index (χ4n) is 2.81. The molecule has 6 nitrogen and oxygen atoms in total. The van der Waals surface area contributed by atoms with Gasteiger partial charge in [0.25, 0.3) is 0 Å². The summed E-state index contributed by atoms with van der Waals surface area (Å²) in [7, 11) is 3.34. The minimum Gasteiger partial charge on any atom is -0.497 e. The van der Waals surface area contributed by atoms with E-state index in [0.29, 0.717) is 6.42 Å². The number of hydrogen-bond acceptors (Lipinski definition) is 5. The second-order valence-electron chi connectivity index (χ2n) is 6.02. The number of hydrogen-bond donors (Lipinski definition) is 1. The number of amides is 1. The number of nitrogens with zero attached hydrogens (tertiary/aromatic N) is 2. The molecule has 2 N–H and O–H groups in total. The molecule has 1 aliphatic heterocycles. The van der Waals surface area contributed by atoms with E-state index in [-0.39, 0.29) is 11.9 Å². The highest BCUT2D eigenvalue weighted by atomic mass is 16.5. The van der Waals surface area contributed by atoms with E-state index in [1.54, 1.807) is 14.2 Å². The Labute approximate surface area is 138 Å². The molecule has 1 saturated heterocycles. The number of ether oxygens (including phenoxy) is 2. The molecule has 23 heavy (non-hydrogen) atoms. The zero-order valence-electron chi connectivity index (χ0n) is 14.2. The largest absolute Gasteiger partial charge is 0.497 e. The molecule has 0 bridgehead atoms. The third-order valence-electron chi connectivity index (χ3n) is 4.10. The third-order valence-corrected chi connectivity index (χ3v) is 4.10. The topological polar surface area (TPSA) is 68.0 Å². The van der Waals surface area contributed by atoms with Crippen LogP contribution in [-0.4, -0.2) is 62.1 Å². The van der Waals surface area contributed by atoms with Gasteiger partial charge in [0.2, 0.25) is 5.91 Å². The van der Waals surface area contributed by atoms with E-state index in [0.717, 1.165) is 49.8 Å². The molecule has 0 spiro atoms. The summed E-state index contributed by atoms with van der Waals surface area (Å²) in [4.78, 5) is 16.3. The van der Waals surface area contributed by atoms with E-state index in [9.17, 15) is 4.79 Å². The van der Waals surface area contributed by atoms with Crippen molar-refractivity contribution in [3.8, 4) is 11.5 Å². The lowest BCUT2D eigenvalue weighted by Crippen LogP contribution is -2.49. The SMILES string of the molecule is COc1ccc(OC)c(CN2CCN(C(=O)CC(C)N)CC2)c1. The van der Waals surface area contributed by atoms with Crippen LogP contribution in [0.2, 0.25) is 0 Å². The van der Waals surface area contributed by atoms with Crippen LogP contribution in [0, 0.1) is 0 Å². The molecule has 1 unspecified atom stereocenters. The van der Waals surface area contributed by atoms with Crippen LogP contribution in [0.25, 0.3) is 0 Å². The highest BCUT2D eigenvalue weighted by Crippen LogP contribution is 2.25. The Morgan fingerprint density at radius 1 is 1.22 bits per heavy atom. The van der Waals surface area contributed by atoms with Gasteiger partial charge >= 0.3 is 0 Å². The Bertz CT molecular complexity index is 526. The highest BCUT2D eigenvalue weighted by molar-refractivity contribution is 5.76. The fraction of sp³-hybridized carbons (Fsp3) is 0.588. The van der Waals surface area contributed by atoms with Crippen molar-refractivity contribution in [1.82, 2.24) is 9.80 Å². The van der Waals surface area contributed by atoms with Crippen LogP contribution in [0.15, 0.2) is 18.2 Å². The number of nitrogens with two attached hydrogens (primary N) is 1. The van der Waals surface area contributed by atoms with E-state index < -0.39 is 0 Å². The van der Waals surface area contributed by atoms with Gasteiger partial charge in [-0.25, -0.2) is 0 Å². The summed E-state index contributed by atoms with van der Waals surface area (Å²) in [6.45, 7) is 5.85. The van der Waals surface area contributed by atoms with Crippen LogP contribution in [-0.2, 0) is 11.3 Å². The monoisotopic (exact) mass is 321 g/mol. The number of carbonyl (C=O) groups is 1. The molecule has 0 radical (unpaired) electrons. The Morgan fingerprint density at radius 3 is 2.48 bits per heavy atom. The van der Waals surface area contributed by atoms with Crippen LogP contribution in [0.5, 0.6) is 11.5 Å². The van der Waals surface area contributed by atoms with Crippen LogP contribution in [0.4, 0.5) is 0 Å². The Hall–Kier alpha value is -1.79. The predicted molar refractivity (Wildman–Crippen MR) is 89.7 cm³/mol. The lowest BCUT2D eigenvalue weighted by Gasteiger charge is -2.35. The molecule has 1 atom stereocenters. The molecular weight excluding hydrogens is 294 g/mol. The van der Waals surface area contributed by atoms with Crippen molar-refractivity contribution >= 4 is 5.91 Å². The van der Waals surface area contributed by atoms with Crippen molar-refractivity contribution in [3.63, 3.8) is 0 Å². The van der Waals surface area contributed by atoms with Gasteiger partial charge in [-0.1, -0.05) is 0 Å². The minimum atomic E-state index is -0.0819. The maximum absolute atomic E-state index is 12.0. The molecule has 1 heterocycles. The Kier molecular flexibility index (Phi) is 6.24. The average Bonchev–Trinajstić information content (AvgIpc) is 2.54. The molecule has 6 heteroatoms. The van der Waals surface area contributed by atoms with Gasteiger partial charge < -0.3 is 20.1 Å². The summed E-state index contributed by atoms with van der Waals surface area (Å²) < 4.78 is 10.7. The number of benzene rings is 1. The molecule has 2 rings (SSSR count). The molecule has 0 saturated carbocycles. The summed E-state index contributed by atoms with van der Waals surface area (Å²) in [6.07, 6.45) is 0.420. The van der Waals surface area contributed by atoms with E-state index in [4.69, 9.17) is 15.2 Å². The van der Waals surface area contributed by atoms with Crippen molar-refractivity contribution in [2.24, 2.45) is 5.73 Å². The zero-order chi connectivity index (χ0) is 16.8. The summed E-state index contributed by atoms with van der Waals surface area (Å²) in [6, 6.07) is 5.75. The second-order valence-corrected chi connectivity index (χ2v) is 6.02. The maximum Gasteiger partial charge on any atom is 0.224 e. The maximum atomic E-state index is 12.0. The molecule has 1 aromatic carbocycles. The highest BCUT2D eigenvalue weighted by Gasteiger charge is 2.22. The molecule has 0 aliphatic carbocycles. The van der Waals surface area contributed by atoms with Gasteiger partial charge in [0.15, 0.2) is 0 Å². The fourth-order valence-corrected chi connectivity index (χ4v) is 2.81. The standard InChI is InChI=1S/C17H27N3O3/c1-13(18)10-17(21)20-8-6-19(7-9-20)12-14-11-15(22-2)4-5-16(14)23-3/h4-5,11,13H,6-10,12,18H2,1-3H3. The van der Waals surface area contributed by atoms with Gasteiger partial charge in [-0.15, -0.1) is 0 Å². The van der Waals surface area contributed by atoms with Crippen LogP contribution < -0.4 is 15.2 Å². The molecule has 1 aromatic rings. The first-order chi connectivity index (χ1) is 11.0. The smallest absolute Gasteiger partial charge is 0.224 e. The van der Waals surface area contributed by atoms with Crippen molar-refractivity contribution in [1.29, 1.82) is 0 Å². The van der Waals surface area contributed by atoms with Gasteiger partial charge in [0, 0.05) is 50.7 Å². The predicted octanol–water partition coefficient (Wildman–Crippen LogP) is 1.09. The average molecular weight is 321 g/mol. The van der Waals surface area contributed by atoms with Crippen molar-refractivity contribution < 1.29 is 14.3 Å². The van der Waals surface area contributed by atoms with Crippen molar-refractivity contribution in [3.05, 3.63) is 23.8 Å². The number of rotatable bonds is 6. The van der Waals surface area contributed by atoms with E-state index >= 15 is 0 Å². The summed E-state index contributed by atoms with van der Waals surface area (Å²) in [5.74, 6) is 1.84. The van der Waals surface area contributed by atoms with Crippen molar-refractivity contribution in [2.75, 3.05) is 40.4 Å². The molecule has 1 aliphatic rings. The van der Waals surface area contributed by atoms with E-state index in [2.05, 4.69) is 4.90 Å². The quantitative estimate of drug-likeness (QED) is 0.849. The lowest BCUT2D eigenvalue weighted by molar-refractivity contribution is -0.133. The van der Waals surface area contributed by atoms with Crippen LogP contribution in [0.3, 0.4) is 0 Å². The van der Waals surface area contributed by atoms with E-state index in [1.807, 2.05) is 30.0 Å². The van der Waals surface area contributed by atoms with Crippen molar-refractivity contribution in [2.45, 2.75) is 25.9 Å². The van der Waals surface area contributed by atoms with Gasteiger partial charge in [0.05, 0.1) is 14.2 Å². The molecule has 128 valence electrons. The first-order valence-corrected chi connectivity index (χ1v) is 8.00. The molecule has 0 aromatic heterocycles. The second kappa shape index (κ2) is 8.17. The Morgan fingerprint density at radius 2 is 1.91 bits per heavy atom. The molecular formula is C17H27N3O3. The summed E-state index contributed by atoms with van der Waals surface area (Å²) >= 11 is 0. The Balaban J connectivity index is 1.92. The first-order valence-electron chi connectivity index (χ1n) is 8.00. The van der Waals surface area contributed by atoms with Gasteiger partial charge in [-0.2, -0.15) is 0 Å². The lowest BCUT2D eigenvalue weighted by atomic mass is 10.1. The minimum absolute atomic E-state index is 0.0819. The summed E-state index contributed by atoms with van der Waals surface area (Å²) in [5.41, 5.74) is 6.80. The zero-order valence-corrected chi connectivity index (χ0v) is 14.2. The van der Waals surface area contributed by atoms with Gasteiger partial charge in [0.1, 0.15) is 11.5 Å².